The van der Waals surface area contributed by atoms with Crippen LogP contribution in [0.5, 0.6) is 28.7 Å². The average molecular weight is 517 g/mol. The van der Waals surface area contributed by atoms with Gasteiger partial charge < -0.3 is 34.3 Å². The summed E-state index contributed by atoms with van der Waals surface area (Å²) in [6, 6.07) is 17.1. The van der Waals surface area contributed by atoms with Crippen LogP contribution < -0.4 is 34.3 Å². The molecule has 1 aliphatic carbocycles. The number of methoxy groups -OCH3 is 5. The summed E-state index contributed by atoms with van der Waals surface area (Å²) < 4.78 is 27.9. The minimum atomic E-state index is -0.463. The van der Waals surface area contributed by atoms with Gasteiger partial charge in [-0.2, -0.15) is 0 Å². The maximum atomic E-state index is 14.0. The summed E-state index contributed by atoms with van der Waals surface area (Å²) in [4.78, 5) is 14.0. The van der Waals surface area contributed by atoms with Crippen molar-refractivity contribution in [1.82, 2.24) is 0 Å². The van der Waals surface area contributed by atoms with E-state index >= 15 is 0 Å². The number of Topliss-reactive ketones (excluding diaryl/α,β-unsaturated/α-hetero) is 1. The zero-order chi connectivity index (χ0) is 26.8. The molecule has 8 heteroatoms. The molecule has 0 radical (unpaired) electrons. The number of carbonyl (C=O) groups excluding carboxylic acids is 1. The smallest absolute Gasteiger partial charge is 0.203 e. The number of hydrogen-bond donors (Lipinski definition) is 2. The molecule has 3 aromatic rings. The van der Waals surface area contributed by atoms with Crippen LogP contribution in [0, 0.1) is 0 Å². The summed E-state index contributed by atoms with van der Waals surface area (Å²) in [6.07, 6.45) is 1.01. The van der Waals surface area contributed by atoms with Gasteiger partial charge in [0.15, 0.2) is 28.8 Å². The van der Waals surface area contributed by atoms with Crippen LogP contribution in [0.1, 0.15) is 35.9 Å². The average Bonchev–Trinajstić information content (AvgIpc) is 3.12. The van der Waals surface area contributed by atoms with Crippen LogP contribution in [0.15, 0.2) is 65.9 Å². The minimum Gasteiger partial charge on any atom is -0.493 e. The van der Waals surface area contributed by atoms with Gasteiger partial charge in [0.05, 0.1) is 53.0 Å². The Labute approximate surface area is 222 Å². The second-order valence-corrected chi connectivity index (χ2v) is 9.21. The maximum absolute atomic E-state index is 14.0. The minimum absolute atomic E-state index is 0.0215. The fourth-order valence-corrected chi connectivity index (χ4v) is 5.42. The molecule has 2 N–H and O–H groups in total. The Morgan fingerprint density at radius 1 is 0.711 bits per heavy atom. The van der Waals surface area contributed by atoms with E-state index in [-0.39, 0.29) is 11.7 Å². The molecule has 0 spiro atoms. The number of anilines is 2. The molecule has 0 amide bonds. The number of benzene rings is 3. The van der Waals surface area contributed by atoms with Gasteiger partial charge >= 0.3 is 0 Å². The maximum Gasteiger partial charge on any atom is 0.203 e. The lowest BCUT2D eigenvalue weighted by atomic mass is 9.78. The van der Waals surface area contributed by atoms with Crippen molar-refractivity contribution in [3.63, 3.8) is 0 Å². The molecular formula is C30H32N2O6. The van der Waals surface area contributed by atoms with E-state index in [9.17, 15) is 4.79 Å². The first-order chi connectivity index (χ1) is 18.5. The zero-order valence-electron chi connectivity index (χ0n) is 22.2. The van der Waals surface area contributed by atoms with Crippen LogP contribution in [0.3, 0.4) is 0 Å². The largest absolute Gasteiger partial charge is 0.493 e. The van der Waals surface area contributed by atoms with Crippen molar-refractivity contribution < 1.29 is 28.5 Å². The predicted octanol–water partition coefficient (Wildman–Crippen LogP) is 5.71. The fourth-order valence-electron chi connectivity index (χ4n) is 5.42. The summed E-state index contributed by atoms with van der Waals surface area (Å²) in [7, 11) is 7.98. The van der Waals surface area contributed by atoms with Gasteiger partial charge in [0.25, 0.3) is 0 Å². The summed E-state index contributed by atoms with van der Waals surface area (Å²) in [5, 5.41) is 7.18. The zero-order valence-corrected chi connectivity index (χ0v) is 22.2. The Bertz CT molecular complexity index is 1400. The van der Waals surface area contributed by atoms with Crippen LogP contribution in [0.25, 0.3) is 0 Å². The number of allylic oxidation sites excluding steroid dienone is 1. The second-order valence-electron chi connectivity index (χ2n) is 9.21. The molecule has 198 valence electrons. The molecule has 1 aliphatic heterocycles. The monoisotopic (exact) mass is 516 g/mol. The molecule has 0 saturated heterocycles. The molecule has 0 bridgehead atoms. The van der Waals surface area contributed by atoms with Crippen LogP contribution in [-0.2, 0) is 4.79 Å². The third kappa shape index (κ3) is 4.36. The number of fused-ring (bicyclic) bond motifs is 1. The molecule has 8 nitrogen and oxygen atoms in total. The number of nitrogens with one attached hydrogen (secondary N) is 2. The van der Waals surface area contributed by atoms with Gasteiger partial charge in [0, 0.05) is 23.3 Å². The van der Waals surface area contributed by atoms with Crippen LogP contribution >= 0.6 is 0 Å². The first-order valence-electron chi connectivity index (χ1n) is 12.4. The molecule has 1 heterocycles. The van der Waals surface area contributed by atoms with Crippen molar-refractivity contribution in [3.8, 4) is 28.7 Å². The lowest BCUT2D eigenvalue weighted by molar-refractivity contribution is -0.116. The second kappa shape index (κ2) is 10.6. The lowest BCUT2D eigenvalue weighted by Gasteiger charge is -2.31. The van der Waals surface area contributed by atoms with Crippen molar-refractivity contribution in [1.29, 1.82) is 0 Å². The van der Waals surface area contributed by atoms with E-state index in [1.807, 2.05) is 54.6 Å². The topological polar surface area (TPSA) is 87.3 Å². The molecule has 2 atom stereocenters. The Morgan fingerprint density at radius 3 is 2.08 bits per heavy atom. The Morgan fingerprint density at radius 2 is 1.39 bits per heavy atom. The van der Waals surface area contributed by atoms with E-state index in [1.54, 1.807) is 35.5 Å². The molecule has 38 heavy (non-hydrogen) atoms. The van der Waals surface area contributed by atoms with Gasteiger partial charge in [-0.1, -0.05) is 18.2 Å². The number of hydrogen-bond acceptors (Lipinski definition) is 8. The molecule has 0 fully saturated rings. The standard InChI is InChI=1S/C30H32N2O6/c1-34-24-12-10-17(16-26(24)36-3)18-14-22-27(23(33)15-18)28(32-21-9-7-6-8-20(21)31-22)19-11-13-25(35-2)30(38-5)29(19)37-4/h6-13,16,18,28,31-32H,14-15H2,1-5H3/t18-,28-/m0/s1. The molecule has 0 aromatic heterocycles. The van der Waals surface area contributed by atoms with Gasteiger partial charge in [-0.05, 0) is 54.3 Å². The van der Waals surface area contributed by atoms with Crippen LogP contribution in [0.4, 0.5) is 11.4 Å². The summed E-state index contributed by atoms with van der Waals surface area (Å²) in [5.74, 6) is 2.89. The Kier molecular flexibility index (Phi) is 7.05. The fraction of sp³-hybridized carbons (Fsp3) is 0.300. The highest BCUT2D eigenvalue weighted by Crippen LogP contribution is 2.49. The highest BCUT2D eigenvalue weighted by molar-refractivity contribution is 6.01. The van der Waals surface area contributed by atoms with E-state index in [0.29, 0.717) is 47.2 Å². The SMILES string of the molecule is COc1ccc([C@@H]2CC(=O)C3=C(C2)Nc2ccccc2N[C@H]3c2ccc(OC)c(OC)c2OC)cc1OC. The first kappa shape index (κ1) is 25.3. The predicted molar refractivity (Wildman–Crippen MR) is 146 cm³/mol. The van der Waals surface area contributed by atoms with Crippen molar-refractivity contribution in [2.45, 2.75) is 24.8 Å². The summed E-state index contributed by atoms with van der Waals surface area (Å²) in [6.45, 7) is 0. The van der Waals surface area contributed by atoms with Gasteiger partial charge in [-0.15, -0.1) is 0 Å². The molecule has 0 saturated carbocycles. The third-order valence-corrected chi connectivity index (χ3v) is 7.23. The summed E-state index contributed by atoms with van der Waals surface area (Å²) >= 11 is 0. The molecule has 0 unspecified atom stereocenters. The highest BCUT2D eigenvalue weighted by atomic mass is 16.5. The number of rotatable bonds is 7. The Balaban J connectivity index is 1.64. The van der Waals surface area contributed by atoms with E-state index < -0.39 is 6.04 Å². The molecule has 5 rings (SSSR count). The van der Waals surface area contributed by atoms with Crippen molar-refractivity contribution in [3.05, 3.63) is 77.0 Å². The van der Waals surface area contributed by atoms with E-state index in [0.717, 1.165) is 28.2 Å². The van der Waals surface area contributed by atoms with Gasteiger partial charge in [0.2, 0.25) is 5.75 Å². The summed E-state index contributed by atoms with van der Waals surface area (Å²) in [5.41, 5.74) is 5.16. The van der Waals surface area contributed by atoms with E-state index in [2.05, 4.69) is 10.6 Å². The number of para-hydroxylation sites is 2. The third-order valence-electron chi connectivity index (χ3n) is 7.23. The van der Waals surface area contributed by atoms with Gasteiger partial charge in [-0.25, -0.2) is 0 Å². The van der Waals surface area contributed by atoms with Gasteiger partial charge in [0.1, 0.15) is 0 Å². The van der Waals surface area contributed by atoms with Crippen LogP contribution in [0.2, 0.25) is 0 Å². The van der Waals surface area contributed by atoms with Crippen LogP contribution in [-0.4, -0.2) is 41.3 Å². The van der Waals surface area contributed by atoms with E-state index in [1.165, 1.54) is 0 Å². The Hall–Kier alpha value is -4.33. The quantitative estimate of drug-likeness (QED) is 0.413. The lowest BCUT2D eigenvalue weighted by Crippen LogP contribution is -2.27. The van der Waals surface area contributed by atoms with Crippen molar-refractivity contribution in [2.75, 3.05) is 46.2 Å². The normalized spacial score (nSPS) is 18.3. The van der Waals surface area contributed by atoms with Crippen molar-refractivity contribution >= 4 is 17.2 Å². The number of ketones is 1. The first-order valence-corrected chi connectivity index (χ1v) is 12.4. The highest BCUT2D eigenvalue weighted by Gasteiger charge is 2.38. The van der Waals surface area contributed by atoms with Crippen molar-refractivity contribution in [2.24, 2.45) is 0 Å². The van der Waals surface area contributed by atoms with E-state index in [4.69, 9.17) is 23.7 Å². The van der Waals surface area contributed by atoms with Gasteiger partial charge in [-0.3, -0.25) is 4.79 Å². The number of ether oxygens (including phenoxy) is 5. The molecule has 3 aromatic carbocycles. The number of carbonyl (C=O) groups is 1. The molecule has 2 aliphatic rings. The molecular weight excluding hydrogens is 484 g/mol.